The number of hydrogen-bond donors (Lipinski definition) is 0. The summed E-state index contributed by atoms with van der Waals surface area (Å²) in [5, 5.41) is 0. The predicted molar refractivity (Wildman–Crippen MR) is 62.0 cm³/mol. The van der Waals surface area contributed by atoms with Crippen molar-refractivity contribution in [3.05, 3.63) is 59.4 Å². The highest BCUT2D eigenvalue weighted by Crippen LogP contribution is 2.24. The van der Waals surface area contributed by atoms with Crippen LogP contribution in [0.3, 0.4) is 0 Å². The first-order chi connectivity index (χ1) is 7.70. The van der Waals surface area contributed by atoms with Crippen LogP contribution in [0.1, 0.15) is 15.9 Å². The number of aldehydes is 1. The Morgan fingerprint density at radius 3 is 2.56 bits per heavy atom. The Bertz CT molecular complexity index is 512. The summed E-state index contributed by atoms with van der Waals surface area (Å²) in [6.07, 6.45) is 0.787. The van der Waals surface area contributed by atoms with Crippen molar-refractivity contribution in [2.45, 2.75) is 6.92 Å². The number of rotatable bonds is 2. The second kappa shape index (κ2) is 4.27. The van der Waals surface area contributed by atoms with E-state index in [1.54, 1.807) is 12.1 Å². The Hall–Kier alpha value is -1.96. The van der Waals surface area contributed by atoms with Crippen molar-refractivity contribution >= 4 is 6.29 Å². The van der Waals surface area contributed by atoms with E-state index in [2.05, 4.69) is 0 Å². The minimum atomic E-state index is -0.282. The molecule has 2 aromatic carbocycles. The van der Waals surface area contributed by atoms with E-state index >= 15 is 0 Å². The molecule has 0 aliphatic rings. The van der Waals surface area contributed by atoms with Gasteiger partial charge in [-0.05, 0) is 35.7 Å². The number of carbonyl (C=O) groups excluding carboxylic acids is 1. The molecule has 0 fully saturated rings. The minimum absolute atomic E-state index is 0.282. The smallest absolute Gasteiger partial charge is 0.150 e. The van der Waals surface area contributed by atoms with E-state index in [-0.39, 0.29) is 5.82 Å². The second-order valence-electron chi connectivity index (χ2n) is 3.72. The highest BCUT2D eigenvalue weighted by Gasteiger charge is 2.05. The zero-order valence-electron chi connectivity index (χ0n) is 8.91. The molecule has 0 saturated carbocycles. The number of benzene rings is 2. The van der Waals surface area contributed by atoms with Crippen LogP contribution in [0.25, 0.3) is 11.1 Å². The molecule has 0 aliphatic carbocycles. The van der Waals surface area contributed by atoms with E-state index in [0.717, 1.165) is 23.0 Å². The largest absolute Gasteiger partial charge is 0.298 e. The highest BCUT2D eigenvalue weighted by molar-refractivity contribution is 5.87. The molecule has 0 aromatic heterocycles. The summed E-state index contributed by atoms with van der Waals surface area (Å²) in [5.41, 5.74) is 2.92. The Morgan fingerprint density at radius 1 is 1.12 bits per heavy atom. The number of halogens is 1. The molecule has 0 saturated heterocycles. The molecular formula is C14H11FO. The first-order valence-electron chi connectivity index (χ1n) is 5.02. The van der Waals surface area contributed by atoms with Gasteiger partial charge in [0.25, 0.3) is 0 Å². The van der Waals surface area contributed by atoms with E-state index in [1.165, 1.54) is 12.1 Å². The normalized spacial score (nSPS) is 10.1. The number of carbonyl (C=O) groups is 1. The lowest BCUT2D eigenvalue weighted by Crippen LogP contribution is -1.89. The summed E-state index contributed by atoms with van der Waals surface area (Å²) < 4.78 is 13.3. The lowest BCUT2D eigenvalue weighted by atomic mass is 9.99. The zero-order valence-corrected chi connectivity index (χ0v) is 8.91. The molecule has 2 rings (SSSR count). The highest BCUT2D eigenvalue weighted by atomic mass is 19.1. The van der Waals surface area contributed by atoms with Gasteiger partial charge in [-0.15, -0.1) is 0 Å². The Labute approximate surface area is 93.5 Å². The van der Waals surface area contributed by atoms with Gasteiger partial charge < -0.3 is 0 Å². The Kier molecular flexibility index (Phi) is 2.82. The molecular weight excluding hydrogens is 203 g/mol. The summed E-state index contributed by atoms with van der Waals surface area (Å²) in [4.78, 5) is 10.9. The minimum Gasteiger partial charge on any atom is -0.298 e. The second-order valence-corrected chi connectivity index (χ2v) is 3.72. The van der Waals surface area contributed by atoms with Crippen LogP contribution in [0.4, 0.5) is 4.39 Å². The molecule has 0 spiro atoms. The van der Waals surface area contributed by atoms with Crippen LogP contribution in [-0.4, -0.2) is 6.29 Å². The Balaban J connectivity index is 2.62. The van der Waals surface area contributed by atoms with Crippen molar-refractivity contribution in [1.82, 2.24) is 0 Å². The van der Waals surface area contributed by atoms with Crippen molar-refractivity contribution in [3.63, 3.8) is 0 Å². The van der Waals surface area contributed by atoms with Crippen LogP contribution in [0, 0.1) is 12.7 Å². The molecule has 0 aliphatic heterocycles. The van der Waals surface area contributed by atoms with Crippen molar-refractivity contribution < 1.29 is 9.18 Å². The summed E-state index contributed by atoms with van der Waals surface area (Å²) in [6, 6.07) is 11.9. The fourth-order valence-corrected chi connectivity index (χ4v) is 1.75. The number of hydrogen-bond acceptors (Lipinski definition) is 1. The topological polar surface area (TPSA) is 17.1 Å². The summed E-state index contributed by atoms with van der Waals surface area (Å²) in [5.74, 6) is -0.282. The maximum Gasteiger partial charge on any atom is 0.150 e. The van der Waals surface area contributed by atoms with Gasteiger partial charge in [0.2, 0.25) is 0 Å². The predicted octanol–water partition coefficient (Wildman–Crippen LogP) is 3.61. The third-order valence-electron chi connectivity index (χ3n) is 2.44. The van der Waals surface area contributed by atoms with E-state index in [0.29, 0.717) is 5.56 Å². The van der Waals surface area contributed by atoms with Crippen molar-refractivity contribution in [2.75, 3.05) is 0 Å². The van der Waals surface area contributed by atoms with Gasteiger partial charge >= 0.3 is 0 Å². The van der Waals surface area contributed by atoms with E-state index in [1.807, 2.05) is 25.1 Å². The summed E-state index contributed by atoms with van der Waals surface area (Å²) >= 11 is 0. The van der Waals surface area contributed by atoms with Crippen LogP contribution in [0.2, 0.25) is 0 Å². The van der Waals surface area contributed by atoms with Crippen molar-refractivity contribution in [1.29, 1.82) is 0 Å². The maximum atomic E-state index is 13.3. The maximum absolute atomic E-state index is 13.3. The third kappa shape index (κ3) is 2.01. The van der Waals surface area contributed by atoms with Gasteiger partial charge in [-0.1, -0.05) is 30.3 Å². The molecule has 0 heterocycles. The Morgan fingerprint density at radius 2 is 1.88 bits per heavy atom. The zero-order chi connectivity index (χ0) is 11.5. The summed E-state index contributed by atoms with van der Waals surface area (Å²) in [6.45, 7) is 1.83. The van der Waals surface area contributed by atoms with E-state index in [9.17, 15) is 9.18 Å². The molecule has 2 heteroatoms. The molecule has 0 atom stereocenters. The molecule has 16 heavy (non-hydrogen) atoms. The van der Waals surface area contributed by atoms with Gasteiger partial charge in [0, 0.05) is 5.56 Å². The third-order valence-corrected chi connectivity index (χ3v) is 2.44. The molecule has 80 valence electrons. The van der Waals surface area contributed by atoms with Gasteiger partial charge in [-0.2, -0.15) is 0 Å². The molecule has 0 bridgehead atoms. The lowest BCUT2D eigenvalue weighted by molar-refractivity contribution is 0.112. The van der Waals surface area contributed by atoms with Gasteiger partial charge in [-0.25, -0.2) is 4.39 Å². The van der Waals surface area contributed by atoms with E-state index < -0.39 is 0 Å². The average Bonchev–Trinajstić information content (AvgIpc) is 2.27. The first-order valence-corrected chi connectivity index (χ1v) is 5.02. The molecule has 0 N–H and O–H groups in total. The summed E-state index contributed by atoms with van der Waals surface area (Å²) in [7, 11) is 0. The monoisotopic (exact) mass is 214 g/mol. The molecule has 2 aromatic rings. The fourth-order valence-electron chi connectivity index (χ4n) is 1.75. The first kappa shape index (κ1) is 10.6. The molecule has 0 radical (unpaired) electrons. The fraction of sp³-hybridized carbons (Fsp3) is 0.0714. The molecule has 0 unspecified atom stereocenters. The quantitative estimate of drug-likeness (QED) is 0.698. The van der Waals surface area contributed by atoms with Crippen LogP contribution in [0.15, 0.2) is 42.5 Å². The van der Waals surface area contributed by atoms with Gasteiger partial charge in [0.05, 0.1) is 0 Å². The average molecular weight is 214 g/mol. The standard InChI is InChI=1S/C14H11FO/c1-10-6-12(8-13(15)7-10)14-5-3-2-4-11(14)9-16/h2-9H,1H3. The van der Waals surface area contributed by atoms with Crippen LogP contribution in [0.5, 0.6) is 0 Å². The van der Waals surface area contributed by atoms with Crippen LogP contribution >= 0.6 is 0 Å². The van der Waals surface area contributed by atoms with E-state index in [4.69, 9.17) is 0 Å². The van der Waals surface area contributed by atoms with Crippen LogP contribution in [-0.2, 0) is 0 Å². The number of aryl methyl sites for hydroxylation is 1. The van der Waals surface area contributed by atoms with Gasteiger partial charge in [0.1, 0.15) is 5.82 Å². The molecule has 1 nitrogen and oxygen atoms in total. The molecule has 0 amide bonds. The lowest BCUT2D eigenvalue weighted by Gasteiger charge is -2.06. The SMILES string of the molecule is Cc1cc(F)cc(-c2ccccc2C=O)c1. The van der Waals surface area contributed by atoms with Gasteiger partial charge in [0.15, 0.2) is 6.29 Å². The van der Waals surface area contributed by atoms with Gasteiger partial charge in [-0.3, -0.25) is 4.79 Å². The van der Waals surface area contributed by atoms with Crippen molar-refractivity contribution in [2.24, 2.45) is 0 Å². The van der Waals surface area contributed by atoms with Crippen molar-refractivity contribution in [3.8, 4) is 11.1 Å². The van der Waals surface area contributed by atoms with Crippen LogP contribution < -0.4 is 0 Å².